The molecule has 0 N–H and O–H groups in total. The molecule has 1 aliphatic heterocycles. The van der Waals surface area contributed by atoms with Gasteiger partial charge in [-0.1, -0.05) is 0 Å². The summed E-state index contributed by atoms with van der Waals surface area (Å²) in [7, 11) is 0. The molecule has 0 spiro atoms. The zero-order valence-corrected chi connectivity index (χ0v) is 11.4. The number of piperidine rings is 1. The fraction of sp³-hybridized carbons (Fsp3) is 0.615. The SMILES string of the molecule is CSOCC1CCN(c2cc(C)ccn2)CC1. The average molecular weight is 252 g/mol. The summed E-state index contributed by atoms with van der Waals surface area (Å²) < 4.78 is 5.42. The predicted octanol–water partition coefficient (Wildman–Crippen LogP) is 2.90. The van der Waals surface area contributed by atoms with E-state index in [1.165, 1.54) is 30.4 Å². The second-order valence-corrected chi connectivity index (χ2v) is 5.14. The highest BCUT2D eigenvalue weighted by molar-refractivity contribution is 7.93. The molecule has 1 saturated heterocycles. The van der Waals surface area contributed by atoms with Crippen LogP contribution in [-0.2, 0) is 4.18 Å². The van der Waals surface area contributed by atoms with E-state index < -0.39 is 0 Å². The van der Waals surface area contributed by atoms with E-state index in [1.807, 2.05) is 18.5 Å². The van der Waals surface area contributed by atoms with Gasteiger partial charge in [0, 0.05) is 25.5 Å². The van der Waals surface area contributed by atoms with Crippen LogP contribution in [0.3, 0.4) is 0 Å². The van der Waals surface area contributed by atoms with Gasteiger partial charge in [0.15, 0.2) is 0 Å². The minimum Gasteiger partial charge on any atom is -0.357 e. The van der Waals surface area contributed by atoms with E-state index in [4.69, 9.17) is 4.18 Å². The fourth-order valence-electron chi connectivity index (χ4n) is 2.19. The van der Waals surface area contributed by atoms with Gasteiger partial charge >= 0.3 is 0 Å². The number of anilines is 1. The summed E-state index contributed by atoms with van der Waals surface area (Å²) in [6, 6.07) is 4.21. The molecule has 2 rings (SSSR count). The molecular weight excluding hydrogens is 232 g/mol. The van der Waals surface area contributed by atoms with Crippen molar-refractivity contribution in [1.29, 1.82) is 0 Å². The normalized spacial score (nSPS) is 17.4. The molecule has 1 aliphatic rings. The minimum atomic E-state index is 0.712. The molecule has 0 aromatic carbocycles. The molecule has 1 fully saturated rings. The summed E-state index contributed by atoms with van der Waals surface area (Å²) in [6.45, 7) is 5.19. The van der Waals surface area contributed by atoms with Gasteiger partial charge in [-0.2, -0.15) is 0 Å². The summed E-state index contributed by atoms with van der Waals surface area (Å²) in [6.07, 6.45) is 6.28. The smallest absolute Gasteiger partial charge is 0.128 e. The number of aromatic nitrogens is 1. The van der Waals surface area contributed by atoms with E-state index in [2.05, 4.69) is 22.9 Å². The largest absolute Gasteiger partial charge is 0.357 e. The zero-order valence-electron chi connectivity index (χ0n) is 10.6. The van der Waals surface area contributed by atoms with Gasteiger partial charge in [-0.05, 0) is 55.4 Å². The maximum absolute atomic E-state index is 5.42. The van der Waals surface area contributed by atoms with Gasteiger partial charge in [-0.15, -0.1) is 0 Å². The Hall–Kier alpha value is -0.740. The molecule has 17 heavy (non-hydrogen) atoms. The monoisotopic (exact) mass is 252 g/mol. The maximum atomic E-state index is 5.42. The van der Waals surface area contributed by atoms with Gasteiger partial charge in [0.05, 0.1) is 6.61 Å². The van der Waals surface area contributed by atoms with Crippen molar-refractivity contribution in [3.63, 3.8) is 0 Å². The lowest BCUT2D eigenvalue weighted by Gasteiger charge is -2.32. The molecule has 1 aromatic rings. The topological polar surface area (TPSA) is 25.4 Å². The third-order valence-electron chi connectivity index (χ3n) is 3.26. The van der Waals surface area contributed by atoms with Crippen LogP contribution >= 0.6 is 12.0 Å². The van der Waals surface area contributed by atoms with Gasteiger partial charge in [0.1, 0.15) is 5.82 Å². The Morgan fingerprint density at radius 2 is 2.24 bits per heavy atom. The molecule has 0 atom stereocenters. The highest BCUT2D eigenvalue weighted by atomic mass is 32.2. The number of nitrogens with zero attached hydrogens (tertiary/aromatic N) is 2. The molecule has 0 aliphatic carbocycles. The van der Waals surface area contributed by atoms with Crippen molar-refractivity contribution in [1.82, 2.24) is 4.98 Å². The average Bonchev–Trinajstić information content (AvgIpc) is 2.37. The van der Waals surface area contributed by atoms with Crippen LogP contribution in [0.4, 0.5) is 5.82 Å². The van der Waals surface area contributed by atoms with Gasteiger partial charge in [-0.3, -0.25) is 0 Å². The third kappa shape index (κ3) is 3.61. The Morgan fingerprint density at radius 1 is 1.47 bits per heavy atom. The molecule has 0 radical (unpaired) electrons. The van der Waals surface area contributed by atoms with E-state index in [1.54, 1.807) is 0 Å². The highest BCUT2D eigenvalue weighted by Gasteiger charge is 2.20. The first kappa shape index (κ1) is 12.7. The second kappa shape index (κ2) is 6.26. The molecule has 0 saturated carbocycles. The van der Waals surface area contributed by atoms with E-state index in [9.17, 15) is 0 Å². The summed E-state index contributed by atoms with van der Waals surface area (Å²) in [5, 5.41) is 0. The summed E-state index contributed by atoms with van der Waals surface area (Å²) in [5.74, 6) is 1.83. The van der Waals surface area contributed by atoms with Crippen molar-refractivity contribution in [2.45, 2.75) is 19.8 Å². The molecule has 94 valence electrons. The summed E-state index contributed by atoms with van der Waals surface area (Å²) in [5.41, 5.74) is 1.28. The first-order valence-corrected chi connectivity index (χ1v) is 7.28. The molecular formula is C13H20N2OS. The van der Waals surface area contributed by atoms with Crippen molar-refractivity contribution in [2.75, 3.05) is 30.9 Å². The van der Waals surface area contributed by atoms with Crippen molar-refractivity contribution < 1.29 is 4.18 Å². The molecule has 4 heteroatoms. The van der Waals surface area contributed by atoms with Crippen LogP contribution in [0.5, 0.6) is 0 Å². The Bertz CT molecular complexity index is 351. The van der Waals surface area contributed by atoms with Gasteiger partial charge in [-0.25, -0.2) is 4.98 Å². The van der Waals surface area contributed by atoms with Crippen LogP contribution in [0, 0.1) is 12.8 Å². The number of pyridine rings is 1. The Labute approximate surface area is 108 Å². The first-order valence-electron chi connectivity index (χ1n) is 6.13. The Kier molecular flexibility index (Phi) is 4.68. The Morgan fingerprint density at radius 3 is 2.88 bits per heavy atom. The van der Waals surface area contributed by atoms with Crippen molar-refractivity contribution in [3.05, 3.63) is 23.9 Å². The fourth-order valence-corrected chi connectivity index (χ4v) is 2.51. The van der Waals surface area contributed by atoms with Crippen LogP contribution in [0.25, 0.3) is 0 Å². The van der Waals surface area contributed by atoms with E-state index in [-0.39, 0.29) is 0 Å². The highest BCUT2D eigenvalue weighted by Crippen LogP contribution is 2.23. The van der Waals surface area contributed by atoms with Crippen LogP contribution in [0.15, 0.2) is 18.3 Å². The molecule has 1 aromatic heterocycles. The van der Waals surface area contributed by atoms with Crippen molar-refractivity contribution in [2.24, 2.45) is 5.92 Å². The lowest BCUT2D eigenvalue weighted by Crippen LogP contribution is -2.35. The molecule has 3 nitrogen and oxygen atoms in total. The van der Waals surface area contributed by atoms with Gasteiger partial charge in [0.25, 0.3) is 0 Å². The minimum absolute atomic E-state index is 0.712. The summed E-state index contributed by atoms with van der Waals surface area (Å²) >= 11 is 1.47. The molecule has 0 unspecified atom stereocenters. The predicted molar refractivity (Wildman–Crippen MR) is 73.4 cm³/mol. The lowest BCUT2D eigenvalue weighted by atomic mass is 9.98. The quantitative estimate of drug-likeness (QED) is 0.769. The van der Waals surface area contributed by atoms with Crippen LogP contribution in [0.2, 0.25) is 0 Å². The number of hydrogen-bond acceptors (Lipinski definition) is 4. The number of aryl methyl sites for hydroxylation is 1. The van der Waals surface area contributed by atoms with E-state index >= 15 is 0 Å². The second-order valence-electron chi connectivity index (χ2n) is 4.57. The molecule has 0 amide bonds. The lowest BCUT2D eigenvalue weighted by molar-refractivity contribution is 0.253. The standard InChI is InChI=1S/C13H20N2OS/c1-11-3-6-14-13(9-11)15-7-4-12(5-8-15)10-16-17-2/h3,6,9,12H,4-5,7-8,10H2,1-2H3. The van der Waals surface area contributed by atoms with Gasteiger partial charge < -0.3 is 9.08 Å². The van der Waals surface area contributed by atoms with E-state index in [0.29, 0.717) is 5.92 Å². The molecule has 2 heterocycles. The number of rotatable bonds is 4. The van der Waals surface area contributed by atoms with Crippen LogP contribution in [0.1, 0.15) is 18.4 Å². The van der Waals surface area contributed by atoms with Crippen molar-refractivity contribution >= 4 is 17.9 Å². The molecule has 0 bridgehead atoms. The van der Waals surface area contributed by atoms with E-state index in [0.717, 1.165) is 25.5 Å². The van der Waals surface area contributed by atoms with Gasteiger partial charge in [0.2, 0.25) is 0 Å². The Balaban J connectivity index is 1.86. The summed E-state index contributed by atoms with van der Waals surface area (Å²) in [4.78, 5) is 6.82. The third-order valence-corrected chi connectivity index (χ3v) is 3.63. The maximum Gasteiger partial charge on any atom is 0.128 e. The number of hydrogen-bond donors (Lipinski definition) is 0. The van der Waals surface area contributed by atoms with Crippen molar-refractivity contribution in [3.8, 4) is 0 Å². The van der Waals surface area contributed by atoms with Crippen LogP contribution < -0.4 is 4.90 Å². The zero-order chi connectivity index (χ0) is 12.1. The van der Waals surface area contributed by atoms with Crippen LogP contribution in [-0.4, -0.2) is 30.9 Å². The first-order chi connectivity index (χ1) is 8.29.